The minimum atomic E-state index is 0. The Morgan fingerprint density at radius 2 is 1.96 bits per heavy atom. The second-order valence-corrected chi connectivity index (χ2v) is 7.50. The number of aliphatic imine (C=N–C) groups is 1. The molecule has 0 saturated carbocycles. The number of carbonyl (C=O) groups is 1. The largest absolute Gasteiger partial charge is 0.356 e. The van der Waals surface area contributed by atoms with Crippen LogP contribution in [0.3, 0.4) is 0 Å². The third kappa shape index (κ3) is 6.14. The smallest absolute Gasteiger partial charge is 0.222 e. The van der Waals surface area contributed by atoms with Gasteiger partial charge >= 0.3 is 0 Å². The van der Waals surface area contributed by atoms with Gasteiger partial charge in [-0.25, -0.2) is 0 Å². The van der Waals surface area contributed by atoms with Gasteiger partial charge in [0.05, 0.1) is 0 Å². The number of nitrogens with zero attached hydrogens (tertiary/aromatic N) is 2. The highest BCUT2D eigenvalue weighted by Gasteiger charge is 2.26. The van der Waals surface area contributed by atoms with Crippen LogP contribution in [0.15, 0.2) is 29.3 Å². The lowest BCUT2D eigenvalue weighted by Crippen LogP contribution is -2.48. The number of hydrogen-bond acceptors (Lipinski definition) is 2. The molecule has 1 aromatic rings. The number of amides is 1. The van der Waals surface area contributed by atoms with E-state index in [0.29, 0.717) is 6.42 Å². The lowest BCUT2D eigenvalue weighted by atomic mass is 9.84. The van der Waals surface area contributed by atoms with Gasteiger partial charge in [0.1, 0.15) is 0 Å². The van der Waals surface area contributed by atoms with E-state index in [0.717, 1.165) is 32.0 Å². The lowest BCUT2D eigenvalue weighted by Gasteiger charge is -2.27. The van der Waals surface area contributed by atoms with Crippen LogP contribution in [0.25, 0.3) is 0 Å². The normalized spacial score (nSPS) is 17.7. The highest BCUT2D eigenvalue weighted by atomic mass is 127. The zero-order valence-corrected chi connectivity index (χ0v) is 19.0. The molecule has 0 bridgehead atoms. The van der Waals surface area contributed by atoms with Gasteiger partial charge in [-0.1, -0.05) is 50.6 Å². The van der Waals surface area contributed by atoms with Crippen molar-refractivity contribution in [2.24, 2.45) is 4.99 Å². The van der Waals surface area contributed by atoms with Crippen LogP contribution in [0, 0.1) is 6.92 Å². The molecule has 6 heteroatoms. The standard InChI is InChI=1S/C20H32N4O.HI/c1-6-18(25)24-12-11-17(13-24)23-19(21-5)22-14-20(3,4)16-9-7-15(2)8-10-16;/h7-10,17H,6,11-14H2,1-5H3,(H2,21,22,23);1H. The fourth-order valence-corrected chi connectivity index (χ4v) is 3.13. The number of halogens is 1. The van der Waals surface area contributed by atoms with Crippen molar-refractivity contribution in [1.29, 1.82) is 0 Å². The van der Waals surface area contributed by atoms with E-state index in [4.69, 9.17) is 0 Å². The summed E-state index contributed by atoms with van der Waals surface area (Å²) in [5, 5.41) is 6.90. The van der Waals surface area contributed by atoms with Crippen LogP contribution in [-0.4, -0.2) is 49.5 Å². The van der Waals surface area contributed by atoms with Crippen LogP contribution in [0.4, 0.5) is 0 Å². The molecule has 1 heterocycles. The maximum atomic E-state index is 11.8. The topological polar surface area (TPSA) is 56.7 Å². The highest BCUT2D eigenvalue weighted by Crippen LogP contribution is 2.22. The summed E-state index contributed by atoms with van der Waals surface area (Å²) in [7, 11) is 1.79. The molecule has 1 fully saturated rings. The second kappa shape index (κ2) is 10.1. The third-order valence-corrected chi connectivity index (χ3v) is 4.94. The fourth-order valence-electron chi connectivity index (χ4n) is 3.13. The summed E-state index contributed by atoms with van der Waals surface area (Å²) in [6.07, 6.45) is 1.54. The Hall–Kier alpha value is -1.31. The van der Waals surface area contributed by atoms with E-state index in [9.17, 15) is 4.79 Å². The molecule has 1 atom stereocenters. The van der Waals surface area contributed by atoms with Crippen molar-refractivity contribution in [1.82, 2.24) is 15.5 Å². The van der Waals surface area contributed by atoms with Gasteiger partial charge < -0.3 is 15.5 Å². The first-order chi connectivity index (χ1) is 11.9. The van der Waals surface area contributed by atoms with Crippen molar-refractivity contribution >= 4 is 35.8 Å². The van der Waals surface area contributed by atoms with Gasteiger partial charge in [-0.05, 0) is 18.9 Å². The zero-order valence-electron chi connectivity index (χ0n) is 16.6. The van der Waals surface area contributed by atoms with Crippen LogP contribution in [0.2, 0.25) is 0 Å². The number of rotatable bonds is 5. The van der Waals surface area contributed by atoms with E-state index >= 15 is 0 Å². The summed E-state index contributed by atoms with van der Waals surface area (Å²) in [6, 6.07) is 8.96. The van der Waals surface area contributed by atoms with E-state index in [-0.39, 0.29) is 41.3 Å². The molecule has 2 rings (SSSR count). The van der Waals surface area contributed by atoms with Gasteiger partial charge in [0.15, 0.2) is 5.96 Å². The molecule has 26 heavy (non-hydrogen) atoms. The minimum Gasteiger partial charge on any atom is -0.356 e. The van der Waals surface area contributed by atoms with Gasteiger partial charge in [0.25, 0.3) is 0 Å². The number of nitrogens with one attached hydrogen (secondary N) is 2. The van der Waals surface area contributed by atoms with E-state index in [1.807, 2.05) is 11.8 Å². The Labute approximate surface area is 175 Å². The summed E-state index contributed by atoms with van der Waals surface area (Å²) in [5.74, 6) is 1.03. The first-order valence-corrected chi connectivity index (χ1v) is 9.18. The Morgan fingerprint density at radius 3 is 2.54 bits per heavy atom. The number of likely N-dealkylation sites (tertiary alicyclic amines) is 1. The average molecular weight is 472 g/mol. The lowest BCUT2D eigenvalue weighted by molar-refractivity contribution is -0.129. The summed E-state index contributed by atoms with van der Waals surface area (Å²) in [5.41, 5.74) is 2.59. The average Bonchev–Trinajstić information content (AvgIpc) is 3.06. The van der Waals surface area contributed by atoms with Crippen LogP contribution in [0.5, 0.6) is 0 Å². The van der Waals surface area contributed by atoms with Gasteiger partial charge in [0, 0.05) is 44.6 Å². The molecule has 0 aliphatic carbocycles. The minimum absolute atomic E-state index is 0. The van der Waals surface area contributed by atoms with Crippen LogP contribution < -0.4 is 10.6 Å². The van der Waals surface area contributed by atoms with E-state index in [2.05, 4.69) is 60.7 Å². The molecule has 1 aliphatic rings. The Bertz CT molecular complexity index is 613. The zero-order chi connectivity index (χ0) is 18.4. The molecule has 0 aromatic heterocycles. The van der Waals surface area contributed by atoms with Crippen molar-refractivity contribution in [3.8, 4) is 0 Å². The summed E-state index contributed by atoms with van der Waals surface area (Å²) in [4.78, 5) is 18.1. The van der Waals surface area contributed by atoms with Crippen LogP contribution in [0.1, 0.15) is 44.7 Å². The number of carbonyl (C=O) groups excluding carboxylic acids is 1. The number of benzene rings is 1. The predicted octanol–water partition coefficient (Wildman–Crippen LogP) is 3.07. The van der Waals surface area contributed by atoms with Crippen molar-refractivity contribution in [2.75, 3.05) is 26.7 Å². The SMILES string of the molecule is CCC(=O)N1CCC(NC(=NC)NCC(C)(C)c2ccc(C)cc2)C1.I. The monoisotopic (exact) mass is 472 g/mol. The molecular weight excluding hydrogens is 439 g/mol. The molecule has 0 spiro atoms. The molecule has 5 nitrogen and oxygen atoms in total. The molecule has 1 aromatic carbocycles. The highest BCUT2D eigenvalue weighted by molar-refractivity contribution is 14.0. The Balaban J connectivity index is 0.00000338. The van der Waals surface area contributed by atoms with Gasteiger partial charge in [-0.15, -0.1) is 24.0 Å². The molecule has 0 radical (unpaired) electrons. The van der Waals surface area contributed by atoms with Crippen molar-refractivity contribution in [3.63, 3.8) is 0 Å². The number of guanidine groups is 1. The molecule has 1 saturated heterocycles. The number of aryl methyl sites for hydroxylation is 1. The Morgan fingerprint density at radius 1 is 1.31 bits per heavy atom. The maximum absolute atomic E-state index is 11.8. The summed E-state index contributed by atoms with van der Waals surface area (Å²) in [6.45, 7) is 10.9. The molecule has 1 unspecified atom stereocenters. The van der Waals surface area contributed by atoms with Crippen molar-refractivity contribution in [3.05, 3.63) is 35.4 Å². The van der Waals surface area contributed by atoms with E-state index < -0.39 is 0 Å². The van der Waals surface area contributed by atoms with Gasteiger partial charge in [-0.2, -0.15) is 0 Å². The van der Waals surface area contributed by atoms with Gasteiger partial charge in [-0.3, -0.25) is 9.79 Å². The van der Waals surface area contributed by atoms with Crippen LogP contribution in [-0.2, 0) is 10.2 Å². The van der Waals surface area contributed by atoms with Crippen molar-refractivity contribution < 1.29 is 4.79 Å². The van der Waals surface area contributed by atoms with Gasteiger partial charge in [0.2, 0.25) is 5.91 Å². The van der Waals surface area contributed by atoms with E-state index in [1.165, 1.54) is 11.1 Å². The molecule has 146 valence electrons. The van der Waals surface area contributed by atoms with E-state index in [1.54, 1.807) is 7.05 Å². The predicted molar refractivity (Wildman–Crippen MR) is 119 cm³/mol. The maximum Gasteiger partial charge on any atom is 0.222 e. The van der Waals surface area contributed by atoms with Crippen molar-refractivity contribution in [2.45, 2.75) is 52.0 Å². The molecule has 2 N–H and O–H groups in total. The molecular formula is C20H33IN4O. The quantitative estimate of drug-likeness (QED) is 0.394. The first kappa shape index (κ1) is 22.7. The fraction of sp³-hybridized carbons (Fsp3) is 0.600. The second-order valence-electron chi connectivity index (χ2n) is 7.50. The van der Waals surface area contributed by atoms with Crippen LogP contribution >= 0.6 is 24.0 Å². The number of hydrogen-bond donors (Lipinski definition) is 2. The molecule has 1 amide bonds. The summed E-state index contributed by atoms with van der Waals surface area (Å²) < 4.78 is 0. The summed E-state index contributed by atoms with van der Waals surface area (Å²) >= 11 is 0. The first-order valence-electron chi connectivity index (χ1n) is 9.18. The third-order valence-electron chi connectivity index (χ3n) is 4.94. The Kier molecular flexibility index (Phi) is 8.86. The molecule has 1 aliphatic heterocycles.